The van der Waals surface area contributed by atoms with Crippen LogP contribution in [-0.4, -0.2) is 32.5 Å². The number of carbonyl (C=O) groups is 1. The first-order valence-corrected chi connectivity index (χ1v) is 8.32. The van der Waals surface area contributed by atoms with E-state index in [0.29, 0.717) is 12.1 Å². The quantitative estimate of drug-likeness (QED) is 0.392. The van der Waals surface area contributed by atoms with Crippen LogP contribution in [0.3, 0.4) is 0 Å². The Morgan fingerprint density at radius 1 is 1.22 bits per heavy atom. The van der Waals surface area contributed by atoms with Crippen molar-refractivity contribution in [1.29, 1.82) is 0 Å². The number of hydrogen-bond donors (Lipinski definition) is 3. The molecule has 23 heavy (non-hydrogen) atoms. The molecule has 1 rings (SSSR count). The summed E-state index contributed by atoms with van der Waals surface area (Å²) in [6.45, 7) is 6.06. The fourth-order valence-corrected chi connectivity index (χ4v) is 2.26. The summed E-state index contributed by atoms with van der Waals surface area (Å²) in [7, 11) is 3.41. The molecule has 3 N–H and O–H groups in total. The summed E-state index contributed by atoms with van der Waals surface area (Å²) in [5.74, 6) is 1.49. The largest absolute Gasteiger partial charge is 0.356 e. The number of aliphatic imine (C=N–C) groups is 1. The first kappa shape index (κ1) is 19.0. The van der Waals surface area contributed by atoms with Crippen molar-refractivity contribution in [2.75, 3.05) is 20.6 Å². The van der Waals surface area contributed by atoms with Crippen molar-refractivity contribution < 1.29 is 4.79 Å². The molecule has 0 aromatic heterocycles. The lowest BCUT2D eigenvalue weighted by atomic mass is 10.1. The van der Waals surface area contributed by atoms with Gasteiger partial charge in [0.2, 0.25) is 0 Å². The Morgan fingerprint density at radius 3 is 2.65 bits per heavy atom. The molecule has 0 unspecified atom stereocenters. The van der Waals surface area contributed by atoms with Gasteiger partial charge in [-0.2, -0.15) is 0 Å². The standard InChI is InChI=1S/C18H30N4O/c1-14(2)8-5-6-11-21-18(20-4)22-13-15-9-7-10-16(12-15)17(23)19-3/h7,9-10,12,14H,5-6,8,11,13H2,1-4H3,(H,19,23)(H2,20,21,22). The molecule has 128 valence electrons. The SMILES string of the molecule is CN=C(NCCCCC(C)C)NCc1cccc(C(=O)NC)c1. The van der Waals surface area contributed by atoms with Crippen molar-refractivity contribution in [2.45, 2.75) is 39.7 Å². The second kappa shape index (κ2) is 10.6. The third-order valence-electron chi connectivity index (χ3n) is 3.60. The summed E-state index contributed by atoms with van der Waals surface area (Å²) in [6.07, 6.45) is 3.64. The van der Waals surface area contributed by atoms with Crippen LogP contribution in [0.4, 0.5) is 0 Å². The first-order chi connectivity index (χ1) is 11.1. The third-order valence-corrected chi connectivity index (χ3v) is 3.60. The van der Waals surface area contributed by atoms with E-state index in [1.165, 1.54) is 12.8 Å². The maximum atomic E-state index is 11.6. The molecule has 5 nitrogen and oxygen atoms in total. The van der Waals surface area contributed by atoms with Crippen LogP contribution >= 0.6 is 0 Å². The molecule has 0 bridgehead atoms. The molecule has 0 saturated carbocycles. The van der Waals surface area contributed by atoms with Crippen LogP contribution in [0.5, 0.6) is 0 Å². The van der Waals surface area contributed by atoms with Crippen LogP contribution in [0.2, 0.25) is 0 Å². The highest BCUT2D eigenvalue weighted by atomic mass is 16.1. The van der Waals surface area contributed by atoms with Gasteiger partial charge in [-0.1, -0.05) is 38.8 Å². The monoisotopic (exact) mass is 318 g/mol. The molecule has 5 heteroatoms. The van der Waals surface area contributed by atoms with Gasteiger partial charge >= 0.3 is 0 Å². The molecule has 0 aliphatic heterocycles. The van der Waals surface area contributed by atoms with E-state index in [2.05, 4.69) is 34.8 Å². The molecule has 0 atom stereocenters. The predicted octanol–water partition coefficient (Wildman–Crippen LogP) is 2.54. The second-order valence-electron chi connectivity index (χ2n) is 6.02. The highest BCUT2D eigenvalue weighted by molar-refractivity contribution is 5.94. The average Bonchev–Trinajstić information content (AvgIpc) is 2.56. The number of carbonyl (C=O) groups excluding carboxylic acids is 1. The van der Waals surface area contributed by atoms with Crippen LogP contribution < -0.4 is 16.0 Å². The zero-order chi connectivity index (χ0) is 17.1. The number of guanidine groups is 1. The number of unbranched alkanes of at least 4 members (excludes halogenated alkanes) is 1. The smallest absolute Gasteiger partial charge is 0.251 e. The lowest BCUT2D eigenvalue weighted by molar-refractivity contribution is 0.0963. The van der Waals surface area contributed by atoms with Gasteiger partial charge in [-0.25, -0.2) is 0 Å². The molecule has 0 aliphatic rings. The van der Waals surface area contributed by atoms with Crippen molar-refractivity contribution in [2.24, 2.45) is 10.9 Å². The van der Waals surface area contributed by atoms with Gasteiger partial charge in [0.25, 0.3) is 5.91 Å². The van der Waals surface area contributed by atoms with Crippen molar-refractivity contribution >= 4 is 11.9 Å². The number of nitrogens with one attached hydrogen (secondary N) is 3. The molecular formula is C18H30N4O. The summed E-state index contributed by atoms with van der Waals surface area (Å²) >= 11 is 0. The van der Waals surface area contributed by atoms with Gasteiger partial charge in [0.15, 0.2) is 5.96 Å². The normalized spacial score (nSPS) is 11.4. The van der Waals surface area contributed by atoms with Crippen molar-refractivity contribution in [3.8, 4) is 0 Å². The summed E-state index contributed by atoms with van der Waals surface area (Å²) in [5, 5.41) is 9.24. The number of nitrogens with zero attached hydrogens (tertiary/aromatic N) is 1. The molecule has 1 aromatic rings. The van der Waals surface area contributed by atoms with E-state index in [1.807, 2.05) is 24.3 Å². The van der Waals surface area contributed by atoms with Crippen LogP contribution in [0, 0.1) is 5.92 Å². The summed E-state index contributed by atoms with van der Waals surface area (Å²) in [6, 6.07) is 7.59. The van der Waals surface area contributed by atoms with E-state index in [9.17, 15) is 4.79 Å². The molecule has 0 radical (unpaired) electrons. The van der Waals surface area contributed by atoms with Gasteiger partial charge in [-0.05, 0) is 30.0 Å². The lowest BCUT2D eigenvalue weighted by Crippen LogP contribution is -2.37. The predicted molar refractivity (Wildman–Crippen MR) is 96.7 cm³/mol. The maximum Gasteiger partial charge on any atom is 0.251 e. The van der Waals surface area contributed by atoms with Gasteiger partial charge in [-0.3, -0.25) is 9.79 Å². The van der Waals surface area contributed by atoms with Gasteiger partial charge in [0, 0.05) is 32.7 Å². The number of rotatable bonds is 8. The molecule has 1 aromatic carbocycles. The topological polar surface area (TPSA) is 65.5 Å². The highest BCUT2D eigenvalue weighted by Gasteiger charge is 2.04. The average molecular weight is 318 g/mol. The Labute approximate surface area is 140 Å². The number of amides is 1. The van der Waals surface area contributed by atoms with Crippen LogP contribution in [0.25, 0.3) is 0 Å². The van der Waals surface area contributed by atoms with Crippen molar-refractivity contribution in [3.63, 3.8) is 0 Å². The Balaban J connectivity index is 2.38. The van der Waals surface area contributed by atoms with E-state index >= 15 is 0 Å². The minimum absolute atomic E-state index is 0.0699. The summed E-state index contributed by atoms with van der Waals surface area (Å²) < 4.78 is 0. The fraction of sp³-hybridized carbons (Fsp3) is 0.556. The van der Waals surface area contributed by atoms with Crippen LogP contribution in [-0.2, 0) is 6.54 Å². The van der Waals surface area contributed by atoms with E-state index in [4.69, 9.17) is 0 Å². The summed E-state index contributed by atoms with van der Waals surface area (Å²) in [4.78, 5) is 15.9. The zero-order valence-corrected chi connectivity index (χ0v) is 14.8. The zero-order valence-electron chi connectivity index (χ0n) is 14.8. The molecule has 0 heterocycles. The summed E-state index contributed by atoms with van der Waals surface area (Å²) in [5.41, 5.74) is 1.72. The van der Waals surface area contributed by atoms with Gasteiger partial charge in [-0.15, -0.1) is 0 Å². The van der Waals surface area contributed by atoms with Crippen molar-refractivity contribution in [3.05, 3.63) is 35.4 Å². The van der Waals surface area contributed by atoms with Crippen molar-refractivity contribution in [1.82, 2.24) is 16.0 Å². The van der Waals surface area contributed by atoms with E-state index < -0.39 is 0 Å². The Hall–Kier alpha value is -2.04. The number of hydrogen-bond acceptors (Lipinski definition) is 2. The maximum absolute atomic E-state index is 11.6. The molecule has 0 saturated heterocycles. The Morgan fingerprint density at radius 2 is 2.00 bits per heavy atom. The van der Waals surface area contributed by atoms with Gasteiger partial charge < -0.3 is 16.0 Å². The molecule has 1 amide bonds. The second-order valence-corrected chi connectivity index (χ2v) is 6.02. The van der Waals surface area contributed by atoms with Gasteiger partial charge in [0.1, 0.15) is 0 Å². The molecule has 0 fully saturated rings. The molecule has 0 aliphatic carbocycles. The van der Waals surface area contributed by atoms with E-state index in [-0.39, 0.29) is 5.91 Å². The van der Waals surface area contributed by atoms with Crippen LogP contribution in [0.1, 0.15) is 49.0 Å². The van der Waals surface area contributed by atoms with Crippen LogP contribution in [0.15, 0.2) is 29.3 Å². The third kappa shape index (κ3) is 7.68. The van der Waals surface area contributed by atoms with E-state index in [0.717, 1.165) is 30.4 Å². The lowest BCUT2D eigenvalue weighted by Gasteiger charge is -2.12. The molecular weight excluding hydrogens is 288 g/mol. The number of benzene rings is 1. The van der Waals surface area contributed by atoms with Gasteiger partial charge in [0.05, 0.1) is 0 Å². The Bertz CT molecular complexity index is 511. The molecule has 0 spiro atoms. The minimum Gasteiger partial charge on any atom is -0.356 e. The first-order valence-electron chi connectivity index (χ1n) is 8.32. The highest BCUT2D eigenvalue weighted by Crippen LogP contribution is 2.06. The minimum atomic E-state index is -0.0699. The Kier molecular flexibility index (Phi) is 8.80. The fourth-order valence-electron chi connectivity index (χ4n) is 2.26. The van der Waals surface area contributed by atoms with E-state index in [1.54, 1.807) is 14.1 Å².